The number of amidine groups is 1. The Morgan fingerprint density at radius 2 is 1.74 bits per heavy atom. The van der Waals surface area contributed by atoms with Gasteiger partial charge < -0.3 is 20.3 Å². The zero-order valence-corrected chi connectivity index (χ0v) is 25.3. The summed E-state index contributed by atoms with van der Waals surface area (Å²) in [6, 6.07) is 22.6. The summed E-state index contributed by atoms with van der Waals surface area (Å²) in [6.45, 7) is 4.89. The van der Waals surface area contributed by atoms with Crippen LogP contribution in [0.5, 0.6) is 5.75 Å². The molecule has 1 atom stereocenters. The van der Waals surface area contributed by atoms with Crippen molar-refractivity contribution in [3.8, 4) is 5.75 Å². The average molecular weight is 583 g/mol. The van der Waals surface area contributed by atoms with Gasteiger partial charge in [0.25, 0.3) is 11.8 Å². The van der Waals surface area contributed by atoms with Gasteiger partial charge in [-0.3, -0.25) is 9.59 Å². The Bertz CT molecular complexity index is 1480. The van der Waals surface area contributed by atoms with Crippen molar-refractivity contribution in [1.82, 2.24) is 4.90 Å². The van der Waals surface area contributed by atoms with Gasteiger partial charge in [-0.05, 0) is 85.8 Å². The SMILES string of the molecule is CCCCCc1ccc(C(=O)Nc2cccc(C3C(C(=O)Nc4ccc(OC)cc4)=C(C)N=C4SCCCN43)c2)cc1. The van der Waals surface area contributed by atoms with E-state index in [9.17, 15) is 9.59 Å². The molecule has 3 aromatic rings. The first-order valence-corrected chi connectivity index (χ1v) is 15.6. The highest BCUT2D eigenvalue weighted by Crippen LogP contribution is 2.40. The Hall–Kier alpha value is -4.04. The number of methoxy groups -OCH3 is 1. The van der Waals surface area contributed by atoms with E-state index in [4.69, 9.17) is 9.73 Å². The molecule has 1 unspecified atom stereocenters. The molecule has 8 heteroatoms. The quantitative estimate of drug-likeness (QED) is 0.243. The average Bonchev–Trinajstić information content (AvgIpc) is 3.01. The molecule has 218 valence electrons. The predicted octanol–water partition coefficient (Wildman–Crippen LogP) is 7.44. The molecule has 1 saturated heterocycles. The number of hydrogen-bond acceptors (Lipinski definition) is 6. The first-order chi connectivity index (χ1) is 20.5. The van der Waals surface area contributed by atoms with E-state index < -0.39 is 0 Å². The number of aliphatic imine (C=N–C) groups is 1. The molecule has 5 rings (SSSR count). The van der Waals surface area contributed by atoms with Crippen LogP contribution in [0.25, 0.3) is 0 Å². The summed E-state index contributed by atoms with van der Waals surface area (Å²) in [5.74, 6) is 1.36. The molecule has 2 aliphatic heterocycles. The fraction of sp³-hybridized carbons (Fsp3) is 0.324. The van der Waals surface area contributed by atoms with E-state index in [2.05, 4.69) is 22.5 Å². The van der Waals surface area contributed by atoms with E-state index in [1.165, 1.54) is 18.4 Å². The molecule has 0 spiro atoms. The molecular formula is C34H38N4O3S. The summed E-state index contributed by atoms with van der Waals surface area (Å²) in [5, 5.41) is 7.05. The first kappa shape index (κ1) is 29.5. The summed E-state index contributed by atoms with van der Waals surface area (Å²) >= 11 is 1.72. The third kappa shape index (κ3) is 6.87. The minimum absolute atomic E-state index is 0.157. The maximum Gasteiger partial charge on any atom is 0.255 e. The largest absolute Gasteiger partial charge is 0.497 e. The van der Waals surface area contributed by atoms with Gasteiger partial charge in [-0.15, -0.1) is 0 Å². The summed E-state index contributed by atoms with van der Waals surface area (Å²) < 4.78 is 5.25. The second-order valence-electron chi connectivity index (χ2n) is 10.6. The van der Waals surface area contributed by atoms with Gasteiger partial charge in [-0.1, -0.05) is 55.8 Å². The highest BCUT2D eigenvalue weighted by molar-refractivity contribution is 8.13. The Kier molecular flexibility index (Phi) is 9.64. The number of aryl methyl sites for hydroxylation is 1. The Balaban J connectivity index is 1.38. The number of hydrogen-bond donors (Lipinski definition) is 2. The Morgan fingerprint density at radius 3 is 2.48 bits per heavy atom. The van der Waals surface area contributed by atoms with Crippen molar-refractivity contribution in [2.75, 3.05) is 30.0 Å². The standard InChI is InChI=1S/C34H38N4O3S/c1-4-5-6-9-24-12-14-25(15-13-24)32(39)37-28-11-7-10-26(22-28)31-30(23(2)35-34-38(31)20-8-21-42-34)33(40)36-27-16-18-29(41-3)19-17-27/h7,10-19,22,31H,4-6,8-9,20-21H2,1-3H3,(H,36,40)(H,37,39). The van der Waals surface area contributed by atoms with E-state index >= 15 is 0 Å². The van der Waals surface area contributed by atoms with Crippen LogP contribution in [-0.4, -0.2) is 41.3 Å². The van der Waals surface area contributed by atoms with E-state index in [1.54, 1.807) is 18.9 Å². The normalized spacial score (nSPS) is 16.4. The second-order valence-corrected chi connectivity index (χ2v) is 11.7. The number of unbranched alkanes of at least 4 members (excludes halogenated alkanes) is 2. The van der Waals surface area contributed by atoms with Gasteiger partial charge in [0.1, 0.15) is 5.75 Å². The molecule has 2 aliphatic rings. The van der Waals surface area contributed by atoms with Crippen molar-refractivity contribution >= 4 is 40.1 Å². The summed E-state index contributed by atoms with van der Waals surface area (Å²) in [5.41, 5.74) is 5.45. The molecule has 2 N–H and O–H groups in total. The fourth-order valence-corrected chi connectivity index (χ4v) is 6.39. The first-order valence-electron chi connectivity index (χ1n) is 14.6. The van der Waals surface area contributed by atoms with Crippen molar-refractivity contribution in [3.63, 3.8) is 0 Å². The van der Waals surface area contributed by atoms with Crippen LogP contribution >= 0.6 is 11.8 Å². The van der Waals surface area contributed by atoms with Gasteiger partial charge in [-0.2, -0.15) is 0 Å². The second kappa shape index (κ2) is 13.7. The number of benzene rings is 3. The number of amides is 2. The smallest absolute Gasteiger partial charge is 0.255 e. The van der Waals surface area contributed by atoms with Crippen molar-refractivity contribution < 1.29 is 14.3 Å². The highest BCUT2D eigenvalue weighted by Gasteiger charge is 2.37. The van der Waals surface area contributed by atoms with Crippen molar-refractivity contribution in [3.05, 3.63) is 101 Å². The van der Waals surface area contributed by atoms with Gasteiger partial charge in [0.2, 0.25) is 0 Å². The molecule has 7 nitrogen and oxygen atoms in total. The van der Waals surface area contributed by atoms with Crippen LogP contribution in [0.15, 0.2) is 89.1 Å². The number of fused-ring (bicyclic) bond motifs is 1. The van der Waals surface area contributed by atoms with Crippen LogP contribution in [0.4, 0.5) is 11.4 Å². The lowest BCUT2D eigenvalue weighted by atomic mass is 9.93. The number of allylic oxidation sites excluding steroid dienone is 1. The van der Waals surface area contributed by atoms with Gasteiger partial charge in [0.15, 0.2) is 5.17 Å². The number of nitrogens with one attached hydrogen (secondary N) is 2. The van der Waals surface area contributed by atoms with Gasteiger partial charge in [0.05, 0.1) is 24.4 Å². The minimum Gasteiger partial charge on any atom is -0.497 e. The fourth-order valence-electron chi connectivity index (χ4n) is 5.37. The Morgan fingerprint density at radius 1 is 0.976 bits per heavy atom. The lowest BCUT2D eigenvalue weighted by molar-refractivity contribution is -0.113. The lowest BCUT2D eigenvalue weighted by Gasteiger charge is -2.41. The predicted molar refractivity (Wildman–Crippen MR) is 172 cm³/mol. The summed E-state index contributed by atoms with van der Waals surface area (Å²) in [4.78, 5) is 34.0. The van der Waals surface area contributed by atoms with Crippen LogP contribution in [0.2, 0.25) is 0 Å². The zero-order valence-electron chi connectivity index (χ0n) is 24.5. The molecule has 2 amide bonds. The molecule has 0 bridgehead atoms. The maximum atomic E-state index is 13.8. The number of nitrogens with zero attached hydrogens (tertiary/aromatic N) is 2. The molecule has 0 radical (unpaired) electrons. The van der Waals surface area contributed by atoms with E-state index in [1.807, 2.05) is 79.7 Å². The number of thioether (sulfide) groups is 1. The molecule has 2 heterocycles. The molecule has 3 aromatic carbocycles. The maximum absolute atomic E-state index is 13.8. The van der Waals surface area contributed by atoms with E-state index in [-0.39, 0.29) is 17.9 Å². The lowest BCUT2D eigenvalue weighted by Crippen LogP contribution is -2.43. The third-order valence-electron chi connectivity index (χ3n) is 7.60. The molecule has 0 saturated carbocycles. The number of rotatable bonds is 10. The molecular weight excluding hydrogens is 544 g/mol. The van der Waals surface area contributed by atoms with Gasteiger partial charge in [0, 0.05) is 29.2 Å². The van der Waals surface area contributed by atoms with Gasteiger partial charge >= 0.3 is 0 Å². The Labute approximate surface area is 252 Å². The van der Waals surface area contributed by atoms with Crippen LogP contribution in [-0.2, 0) is 11.2 Å². The topological polar surface area (TPSA) is 83.0 Å². The van der Waals surface area contributed by atoms with E-state index in [0.717, 1.165) is 48.0 Å². The number of anilines is 2. The minimum atomic E-state index is -0.331. The molecule has 0 aliphatic carbocycles. The summed E-state index contributed by atoms with van der Waals surface area (Å²) in [7, 11) is 1.61. The highest BCUT2D eigenvalue weighted by atomic mass is 32.2. The molecule has 1 fully saturated rings. The van der Waals surface area contributed by atoms with Crippen molar-refractivity contribution in [2.45, 2.75) is 52.0 Å². The van der Waals surface area contributed by atoms with Crippen LogP contribution in [0.3, 0.4) is 0 Å². The third-order valence-corrected chi connectivity index (χ3v) is 8.67. The van der Waals surface area contributed by atoms with Crippen LogP contribution in [0.1, 0.15) is 67.1 Å². The van der Waals surface area contributed by atoms with Crippen LogP contribution in [0, 0.1) is 0 Å². The van der Waals surface area contributed by atoms with Gasteiger partial charge in [-0.25, -0.2) is 4.99 Å². The number of ether oxygens (including phenoxy) is 1. The number of carbonyl (C=O) groups excluding carboxylic acids is 2. The van der Waals surface area contributed by atoms with Crippen molar-refractivity contribution in [2.24, 2.45) is 4.99 Å². The zero-order chi connectivity index (χ0) is 29.5. The van der Waals surface area contributed by atoms with Crippen molar-refractivity contribution in [1.29, 1.82) is 0 Å². The molecule has 0 aromatic heterocycles. The molecule has 42 heavy (non-hydrogen) atoms. The monoisotopic (exact) mass is 582 g/mol. The van der Waals surface area contributed by atoms with Crippen LogP contribution < -0.4 is 15.4 Å². The summed E-state index contributed by atoms with van der Waals surface area (Å²) in [6.07, 6.45) is 5.59. The number of carbonyl (C=O) groups is 2. The van der Waals surface area contributed by atoms with E-state index in [0.29, 0.717) is 28.2 Å².